The third kappa shape index (κ3) is 37.3. The summed E-state index contributed by atoms with van der Waals surface area (Å²) in [6.45, 7) is 18.8. The Kier molecular flexibility index (Phi) is 44.8. The predicted octanol–water partition coefficient (Wildman–Crippen LogP) is 7.74. The quantitative estimate of drug-likeness (QED) is 0.0942. The van der Waals surface area contributed by atoms with Crippen molar-refractivity contribution < 1.29 is 29.7 Å². The average molecular weight is 720 g/mol. The fourth-order valence-corrected chi connectivity index (χ4v) is 13.9. The summed E-state index contributed by atoms with van der Waals surface area (Å²) in [6.07, 6.45) is 19.4. The Morgan fingerprint density at radius 1 is 0.419 bits per heavy atom. The number of carbonyl (C=O) groups is 3. The van der Waals surface area contributed by atoms with Crippen LogP contribution in [0.2, 0.25) is 13.3 Å². The molecule has 0 heterocycles. The van der Waals surface area contributed by atoms with E-state index in [1.807, 2.05) is 20.8 Å². The number of hydrogen-bond donors (Lipinski definition) is 0. The van der Waals surface area contributed by atoms with Gasteiger partial charge in [0.1, 0.15) is 0 Å². The first-order valence-corrected chi connectivity index (χ1v) is 24.0. The molecule has 0 aromatic carbocycles. The van der Waals surface area contributed by atoms with Crippen molar-refractivity contribution in [1.29, 1.82) is 0 Å². The van der Waals surface area contributed by atoms with Crippen molar-refractivity contribution in [1.82, 2.24) is 0 Å². The molecule has 43 heavy (non-hydrogen) atoms. The Morgan fingerprint density at radius 3 is 0.767 bits per heavy atom. The van der Waals surface area contributed by atoms with E-state index in [-0.39, 0.29) is 17.8 Å². The number of unbranched alkanes of at least 4 members (excludes halogenated alkanes) is 6. The molecule has 0 aromatic heterocycles. The summed E-state index contributed by atoms with van der Waals surface area (Å²) in [7, 11) is 0. The number of carboxylic acid groups (broad SMARTS) is 3. The van der Waals surface area contributed by atoms with Gasteiger partial charge in [0, 0.05) is 17.9 Å². The van der Waals surface area contributed by atoms with Gasteiger partial charge in [-0.1, -0.05) is 80.1 Å². The van der Waals surface area contributed by atoms with Gasteiger partial charge in [-0.25, -0.2) is 0 Å². The average Bonchev–Trinajstić information content (AvgIpc) is 2.98. The van der Waals surface area contributed by atoms with Crippen molar-refractivity contribution in [2.24, 2.45) is 17.8 Å². The number of carbonyl (C=O) groups excluding carboxylic acids is 3. The maximum absolute atomic E-state index is 10.3. The second-order valence-corrected chi connectivity index (χ2v) is 20.3. The first kappa shape index (κ1) is 49.1. The summed E-state index contributed by atoms with van der Waals surface area (Å²) in [6, 6.07) is 0. The van der Waals surface area contributed by atoms with Gasteiger partial charge >= 0.3 is 92.4 Å². The van der Waals surface area contributed by atoms with Crippen LogP contribution in [-0.2, 0) is 14.4 Å². The summed E-state index contributed by atoms with van der Waals surface area (Å²) in [4.78, 5) is 31.0. The van der Waals surface area contributed by atoms with Gasteiger partial charge < -0.3 is 29.7 Å². The predicted molar refractivity (Wildman–Crippen MR) is 180 cm³/mol. The Hall–Kier alpha value is -0.791. The molecule has 0 saturated carbocycles. The van der Waals surface area contributed by atoms with Crippen molar-refractivity contribution in [3.8, 4) is 0 Å². The zero-order valence-corrected chi connectivity index (χ0v) is 32.9. The van der Waals surface area contributed by atoms with Crippen molar-refractivity contribution in [2.45, 2.75) is 191 Å². The normalized spacial score (nSPS) is 12.4. The van der Waals surface area contributed by atoms with Crippen LogP contribution >= 0.6 is 0 Å². The van der Waals surface area contributed by atoms with Gasteiger partial charge in [0.2, 0.25) is 0 Å². The Labute approximate surface area is 275 Å². The standard InChI is InChI=1S/3C8H16O2.3C4H9.Sn/c3*1-3-5-6-7(4-2)8(9)10;3*1-3-4-2;/h3*7H,3-6H2,1-2H3,(H,9,10);3*1,3-4H2,2H3;/q;;;;;;+3/p-3. The fraction of sp³-hybridized carbons (Fsp3) is 0.917. The summed E-state index contributed by atoms with van der Waals surface area (Å²) in [5, 5.41) is 31.0. The van der Waals surface area contributed by atoms with Crippen LogP contribution in [0.5, 0.6) is 0 Å². The minimum atomic E-state index is -0.893. The van der Waals surface area contributed by atoms with E-state index in [0.29, 0.717) is 19.3 Å². The molecule has 0 fully saturated rings. The first-order valence-electron chi connectivity index (χ1n) is 18.0. The summed E-state index contributed by atoms with van der Waals surface area (Å²) in [5.74, 6) is -3.34. The van der Waals surface area contributed by atoms with Crippen LogP contribution in [0.3, 0.4) is 0 Å². The zero-order chi connectivity index (χ0) is 33.9. The van der Waals surface area contributed by atoms with Gasteiger partial charge in [0.05, 0.1) is 0 Å². The molecule has 3 unspecified atom stereocenters. The summed E-state index contributed by atoms with van der Waals surface area (Å²) >= 11 is -0.839. The number of hydrogen-bond acceptors (Lipinski definition) is 6. The zero-order valence-electron chi connectivity index (χ0n) is 30.0. The van der Waals surface area contributed by atoms with E-state index in [0.717, 1.165) is 57.8 Å². The second kappa shape index (κ2) is 39.2. The molecule has 0 rings (SSSR count). The van der Waals surface area contributed by atoms with Gasteiger partial charge in [-0.05, 0) is 56.3 Å². The SMILES string of the molecule is CCCCC(CC)C(=O)[O-].CCCCC(CC)C(=O)[O-].CCCCC(CC)C(=O)[O-].CCC[CH2][Sn+3]([CH2]CCC)[CH2]CCC. The van der Waals surface area contributed by atoms with Gasteiger partial charge in [0.25, 0.3) is 0 Å². The van der Waals surface area contributed by atoms with E-state index >= 15 is 0 Å². The van der Waals surface area contributed by atoms with Gasteiger partial charge in [-0.15, -0.1) is 0 Å². The molecule has 0 aliphatic heterocycles. The van der Waals surface area contributed by atoms with Crippen LogP contribution < -0.4 is 15.3 Å². The molecule has 0 N–H and O–H groups in total. The summed E-state index contributed by atoms with van der Waals surface area (Å²) in [5.41, 5.74) is 0. The molecular weight excluding hydrogens is 647 g/mol. The van der Waals surface area contributed by atoms with Crippen LogP contribution in [0.15, 0.2) is 0 Å². The van der Waals surface area contributed by atoms with Gasteiger partial charge in [-0.3, -0.25) is 0 Å². The molecule has 6 nitrogen and oxygen atoms in total. The molecule has 0 aliphatic rings. The van der Waals surface area contributed by atoms with Gasteiger partial charge in [0.15, 0.2) is 0 Å². The van der Waals surface area contributed by atoms with Crippen LogP contribution in [-0.4, -0.2) is 37.7 Å². The van der Waals surface area contributed by atoms with Crippen molar-refractivity contribution >= 4 is 37.7 Å². The van der Waals surface area contributed by atoms with Gasteiger partial charge in [-0.2, -0.15) is 0 Å². The third-order valence-electron chi connectivity index (χ3n) is 7.85. The van der Waals surface area contributed by atoms with Crippen LogP contribution in [0.1, 0.15) is 178 Å². The van der Waals surface area contributed by atoms with Crippen molar-refractivity contribution in [2.75, 3.05) is 0 Å². The number of carboxylic acids is 3. The molecular formula is C36H72O6Sn. The monoisotopic (exact) mass is 720 g/mol. The number of aliphatic carboxylic acids is 3. The van der Waals surface area contributed by atoms with E-state index in [1.165, 1.54) is 38.5 Å². The van der Waals surface area contributed by atoms with Crippen LogP contribution in [0.25, 0.3) is 0 Å². The second-order valence-electron chi connectivity index (χ2n) is 11.8. The van der Waals surface area contributed by atoms with Crippen molar-refractivity contribution in [3.63, 3.8) is 0 Å². The topological polar surface area (TPSA) is 120 Å². The molecule has 0 spiro atoms. The molecule has 4 radical (unpaired) electrons. The Balaban J connectivity index is -0.000000238. The first-order chi connectivity index (χ1) is 20.5. The molecule has 3 atom stereocenters. The van der Waals surface area contributed by atoms with Crippen molar-refractivity contribution in [3.05, 3.63) is 0 Å². The number of rotatable bonds is 24. The molecule has 0 aromatic rings. The van der Waals surface area contributed by atoms with E-state index in [9.17, 15) is 29.7 Å². The Morgan fingerprint density at radius 2 is 0.628 bits per heavy atom. The summed E-state index contributed by atoms with van der Waals surface area (Å²) < 4.78 is 5.04. The Bertz CT molecular complexity index is 517. The van der Waals surface area contributed by atoms with E-state index in [4.69, 9.17) is 0 Å². The maximum atomic E-state index is 10.3. The minimum absolute atomic E-state index is 0.222. The molecule has 0 amide bonds. The molecule has 7 heteroatoms. The molecule has 256 valence electrons. The van der Waals surface area contributed by atoms with E-state index in [1.54, 1.807) is 13.3 Å². The van der Waals surface area contributed by atoms with Crippen LogP contribution in [0.4, 0.5) is 0 Å². The van der Waals surface area contributed by atoms with E-state index in [2.05, 4.69) is 41.5 Å². The van der Waals surface area contributed by atoms with E-state index < -0.39 is 37.7 Å². The fourth-order valence-electron chi connectivity index (χ4n) is 4.47. The molecule has 0 aliphatic carbocycles. The third-order valence-corrected chi connectivity index (χ3v) is 16.9. The molecule has 0 bridgehead atoms. The molecule has 0 saturated heterocycles. The van der Waals surface area contributed by atoms with Crippen LogP contribution in [0, 0.1) is 17.8 Å².